The number of carboxylic acids is 2. The molecular formula is C6H7O7U. The molecule has 7 nitrogen and oxygen atoms in total. The third-order valence-electron chi connectivity index (χ3n) is 1.39. The van der Waals surface area contributed by atoms with Gasteiger partial charge in [0.2, 0.25) is 0 Å². The van der Waals surface area contributed by atoms with Crippen LogP contribution in [0.25, 0.3) is 0 Å². The standard InChI is InChI=1S/C6H8O7.U/c7-3(8)1-6(13,5(11)12)2-4(9)10;/h13H,1-2H2,(H,7,8)(H,9,10)(H,11,12);/q;+1/p-1. The quantitative estimate of drug-likeness (QED) is 0.496. The van der Waals surface area contributed by atoms with Crippen LogP contribution in [0.5, 0.6) is 0 Å². The summed E-state index contributed by atoms with van der Waals surface area (Å²) in [7, 11) is 0. The van der Waals surface area contributed by atoms with E-state index in [4.69, 9.17) is 10.2 Å². The van der Waals surface area contributed by atoms with Crippen molar-refractivity contribution in [3.8, 4) is 0 Å². The van der Waals surface area contributed by atoms with Gasteiger partial charge in [-0.25, -0.2) is 0 Å². The summed E-state index contributed by atoms with van der Waals surface area (Å²) in [6.07, 6.45) is -1.89. The van der Waals surface area contributed by atoms with E-state index in [0.717, 1.165) is 0 Å². The summed E-state index contributed by atoms with van der Waals surface area (Å²) in [4.78, 5) is 31.4. The Morgan fingerprint density at radius 3 is 2.00 bits per heavy atom. The van der Waals surface area contributed by atoms with Crippen molar-refractivity contribution in [1.82, 2.24) is 0 Å². The van der Waals surface area contributed by atoms with Gasteiger partial charge < -0.3 is 0 Å². The third kappa shape index (κ3) is 4.09. The van der Waals surface area contributed by atoms with Crippen molar-refractivity contribution >= 4 is 17.9 Å². The molecule has 0 saturated heterocycles. The van der Waals surface area contributed by atoms with E-state index in [1.54, 1.807) is 0 Å². The Bertz CT molecular complexity index is 263. The maximum atomic E-state index is 10.7. The van der Waals surface area contributed by atoms with Crippen LogP contribution in [0, 0.1) is 29.9 Å². The molecule has 0 aromatic carbocycles. The van der Waals surface area contributed by atoms with E-state index in [9.17, 15) is 19.5 Å². The van der Waals surface area contributed by atoms with Crippen molar-refractivity contribution in [2.24, 2.45) is 0 Å². The Morgan fingerprint density at radius 2 is 1.71 bits per heavy atom. The predicted molar refractivity (Wildman–Crippen MR) is 35.5 cm³/mol. The Labute approximate surface area is 98.0 Å². The second-order valence-electron chi connectivity index (χ2n) is 2.56. The molecule has 0 heterocycles. The van der Waals surface area contributed by atoms with Crippen molar-refractivity contribution < 1.29 is 61.9 Å². The first-order chi connectivity index (χ1) is 6.31. The van der Waals surface area contributed by atoms with Gasteiger partial charge in [-0.3, -0.25) is 0 Å². The molecule has 0 aliphatic carbocycles. The summed E-state index contributed by atoms with van der Waals surface area (Å²) < 4.78 is 4.29. The normalized spacial score (nSPS) is 14.2. The van der Waals surface area contributed by atoms with Crippen molar-refractivity contribution in [2.45, 2.75) is 18.4 Å². The van der Waals surface area contributed by atoms with E-state index < -0.39 is 36.4 Å². The Kier molecular flexibility index (Phi) is 5.12. The number of hydrogen-bond donors (Lipinski definition) is 3. The van der Waals surface area contributed by atoms with Crippen LogP contribution < -0.4 is 0 Å². The van der Waals surface area contributed by atoms with Gasteiger partial charge in [-0.15, -0.1) is 0 Å². The second kappa shape index (κ2) is 5.34. The zero-order valence-corrected chi connectivity index (χ0v) is 11.1. The summed E-state index contributed by atoms with van der Waals surface area (Å²) in [6.45, 7) is 0. The molecule has 1 atom stereocenters. The van der Waals surface area contributed by atoms with Gasteiger partial charge in [0.05, 0.1) is 0 Å². The molecule has 0 aromatic rings. The van der Waals surface area contributed by atoms with Gasteiger partial charge in [-0.1, -0.05) is 0 Å². The second-order valence-corrected chi connectivity index (χ2v) is 3.41. The average molecular weight is 429 g/mol. The van der Waals surface area contributed by atoms with E-state index in [0.29, 0.717) is 0 Å². The molecule has 14 heavy (non-hydrogen) atoms. The van der Waals surface area contributed by atoms with Gasteiger partial charge in [0.25, 0.3) is 0 Å². The molecule has 0 amide bonds. The predicted octanol–water partition coefficient (Wildman–Crippen LogP) is -1.33. The fourth-order valence-corrected chi connectivity index (χ4v) is 1.04. The van der Waals surface area contributed by atoms with Crippen LogP contribution in [0.4, 0.5) is 0 Å². The molecule has 8 heteroatoms. The summed E-state index contributed by atoms with van der Waals surface area (Å²) in [6, 6.07) is 0. The van der Waals surface area contributed by atoms with Crippen molar-refractivity contribution in [3.05, 3.63) is 0 Å². The molecule has 0 saturated carbocycles. The SMILES string of the molecule is O=C(O)CC(O)(CC(=O)[O][U])C(=O)O. The van der Waals surface area contributed by atoms with Gasteiger partial charge >= 0.3 is 98.2 Å². The molecular weight excluding hydrogens is 422 g/mol. The molecule has 0 aromatic heterocycles. The zero-order chi connectivity index (χ0) is 11.4. The molecule has 0 rings (SSSR count). The molecule has 0 aliphatic heterocycles. The van der Waals surface area contributed by atoms with E-state index in [1.165, 1.54) is 0 Å². The Morgan fingerprint density at radius 1 is 1.21 bits per heavy atom. The molecule has 0 aliphatic rings. The van der Waals surface area contributed by atoms with Crippen molar-refractivity contribution in [3.63, 3.8) is 0 Å². The van der Waals surface area contributed by atoms with E-state index >= 15 is 0 Å². The Hall–Kier alpha value is -0.578. The van der Waals surface area contributed by atoms with Gasteiger partial charge in [0, 0.05) is 0 Å². The number of hydrogen-bond acceptors (Lipinski definition) is 5. The fourth-order valence-electron chi connectivity index (χ4n) is 0.739. The summed E-state index contributed by atoms with van der Waals surface area (Å²) >= 11 is -0.141. The molecule has 1 unspecified atom stereocenters. The van der Waals surface area contributed by atoms with E-state index in [-0.39, 0.29) is 29.9 Å². The number of aliphatic hydroxyl groups is 1. The summed E-state index contributed by atoms with van der Waals surface area (Å²) in [5.74, 6) is -4.17. The van der Waals surface area contributed by atoms with Crippen molar-refractivity contribution in [2.75, 3.05) is 0 Å². The number of carboxylic acid groups (broad SMARTS) is 2. The first-order valence-electron chi connectivity index (χ1n) is 3.36. The van der Waals surface area contributed by atoms with Gasteiger partial charge in [0.15, 0.2) is 0 Å². The minimum atomic E-state index is -2.59. The molecule has 0 radical (unpaired) electrons. The fraction of sp³-hybridized carbons (Fsp3) is 0.500. The van der Waals surface area contributed by atoms with E-state index in [1.807, 2.05) is 0 Å². The van der Waals surface area contributed by atoms with Gasteiger partial charge in [-0.2, -0.15) is 0 Å². The number of carbonyl (C=O) groups excluding carboxylic acids is 1. The topological polar surface area (TPSA) is 121 Å². The van der Waals surface area contributed by atoms with Crippen LogP contribution in [-0.2, 0) is 16.6 Å². The minimum absolute atomic E-state index is 0.141. The maximum absolute atomic E-state index is 10.7. The molecule has 0 fully saturated rings. The third-order valence-corrected chi connectivity index (χ3v) is 2.34. The van der Waals surface area contributed by atoms with E-state index in [2.05, 4.69) is 2.24 Å². The number of rotatable bonds is 5. The van der Waals surface area contributed by atoms with Crippen LogP contribution >= 0.6 is 0 Å². The van der Waals surface area contributed by atoms with Gasteiger partial charge in [-0.05, 0) is 0 Å². The number of carbonyl (C=O) groups is 3. The summed E-state index contributed by atoms with van der Waals surface area (Å²) in [5, 5.41) is 26.1. The van der Waals surface area contributed by atoms with Crippen LogP contribution in [0.3, 0.4) is 0 Å². The van der Waals surface area contributed by atoms with Crippen LogP contribution in [0.1, 0.15) is 12.8 Å². The van der Waals surface area contributed by atoms with Crippen LogP contribution in [-0.4, -0.2) is 38.8 Å². The van der Waals surface area contributed by atoms with Crippen LogP contribution in [0.2, 0.25) is 0 Å². The van der Waals surface area contributed by atoms with Crippen LogP contribution in [0.15, 0.2) is 0 Å². The first-order valence-corrected chi connectivity index (χ1v) is 5.06. The van der Waals surface area contributed by atoms with Gasteiger partial charge in [0.1, 0.15) is 0 Å². The molecule has 0 spiro atoms. The molecule has 0 bridgehead atoms. The molecule has 3 N–H and O–H groups in total. The Balaban J connectivity index is 4.63. The van der Waals surface area contributed by atoms with Crippen molar-refractivity contribution in [1.29, 1.82) is 0 Å². The first kappa shape index (κ1) is 13.4. The summed E-state index contributed by atoms with van der Waals surface area (Å²) in [5.41, 5.74) is -2.59. The average Bonchev–Trinajstić information content (AvgIpc) is 2.02. The zero-order valence-electron chi connectivity index (χ0n) is 6.89. The monoisotopic (exact) mass is 429 g/mol. The molecule has 77 valence electrons. The number of aliphatic carboxylic acids is 2.